The molecule has 1 N–H and O–H groups in total. The van der Waals surface area contributed by atoms with Crippen LogP contribution in [0.15, 0.2) is 72.8 Å². The van der Waals surface area contributed by atoms with Crippen molar-refractivity contribution in [2.75, 3.05) is 10.2 Å². The van der Waals surface area contributed by atoms with Crippen LogP contribution >= 0.6 is 0 Å². The van der Waals surface area contributed by atoms with Crippen LogP contribution in [0.4, 0.5) is 22.7 Å². The van der Waals surface area contributed by atoms with E-state index < -0.39 is 4.92 Å². The molecule has 1 heterocycles. The number of anilines is 3. The van der Waals surface area contributed by atoms with Crippen LogP contribution in [0.5, 0.6) is 5.75 Å². The lowest BCUT2D eigenvalue weighted by molar-refractivity contribution is -0.383. The maximum atomic E-state index is 12.9. The first-order chi connectivity index (χ1) is 17.0. The summed E-state index contributed by atoms with van der Waals surface area (Å²) in [5.74, 6) is -0.440. The molecule has 8 heteroatoms. The first-order valence-corrected chi connectivity index (χ1v) is 11.7. The van der Waals surface area contributed by atoms with Crippen LogP contribution < -0.4 is 15.0 Å². The highest BCUT2D eigenvalue weighted by Gasteiger charge is 2.49. The number of ether oxygens (including phenoxy) is 1. The Bertz CT molecular complexity index is 1240. The lowest BCUT2D eigenvalue weighted by Gasteiger charge is -2.19. The Hall–Kier alpha value is -4.20. The number of nitrogens with one attached hydrogen (secondary N) is 1. The second kappa shape index (κ2) is 9.58. The van der Waals surface area contributed by atoms with Crippen molar-refractivity contribution in [3.8, 4) is 5.75 Å². The largest absolute Gasteiger partial charge is 0.489 e. The number of carbonyl (C=O) groups is 2. The number of hydrogen-bond donors (Lipinski definition) is 1. The van der Waals surface area contributed by atoms with Gasteiger partial charge in [-0.1, -0.05) is 43.2 Å². The molecule has 1 aliphatic heterocycles. The van der Waals surface area contributed by atoms with E-state index in [1.54, 1.807) is 30.3 Å². The Balaban J connectivity index is 1.32. The standard InChI is InChI=1S/C27H25N3O5/c31-26-22-8-4-5-9-23(22)27(32)29(26)20-12-15-24(25(16-20)30(33)34)28-19-10-13-21(14-11-19)35-17-18-6-2-1-3-7-18/h1-3,6-7,10-16,22-23,28H,4-5,8-9,17H2/t22-,23-/m0/s1. The van der Waals surface area contributed by atoms with Gasteiger partial charge in [-0.05, 0) is 54.8 Å². The fourth-order valence-corrected chi connectivity index (χ4v) is 4.86. The number of nitro benzene ring substituents is 1. The van der Waals surface area contributed by atoms with E-state index in [0.717, 1.165) is 23.3 Å². The van der Waals surface area contributed by atoms with E-state index in [2.05, 4.69) is 5.32 Å². The molecule has 35 heavy (non-hydrogen) atoms. The van der Waals surface area contributed by atoms with Crippen LogP contribution in [-0.4, -0.2) is 16.7 Å². The third-order valence-electron chi connectivity index (χ3n) is 6.66. The predicted octanol–water partition coefficient (Wildman–Crippen LogP) is 5.60. The summed E-state index contributed by atoms with van der Waals surface area (Å²) >= 11 is 0. The minimum absolute atomic E-state index is 0.206. The zero-order valence-electron chi connectivity index (χ0n) is 19.1. The Morgan fingerprint density at radius 1 is 0.914 bits per heavy atom. The molecule has 0 aromatic heterocycles. The van der Waals surface area contributed by atoms with Gasteiger partial charge in [0.1, 0.15) is 18.0 Å². The molecular formula is C27H25N3O5. The van der Waals surface area contributed by atoms with Crippen molar-refractivity contribution in [1.29, 1.82) is 0 Å². The molecule has 0 spiro atoms. The minimum Gasteiger partial charge on any atom is -0.489 e. The zero-order chi connectivity index (χ0) is 24.4. The summed E-state index contributed by atoms with van der Waals surface area (Å²) in [4.78, 5) is 38.2. The Morgan fingerprint density at radius 3 is 2.20 bits per heavy atom. The van der Waals surface area contributed by atoms with Gasteiger partial charge in [0.25, 0.3) is 5.69 Å². The fraction of sp³-hybridized carbons (Fsp3) is 0.259. The Morgan fingerprint density at radius 2 is 1.57 bits per heavy atom. The van der Waals surface area contributed by atoms with Crippen LogP contribution in [0.3, 0.4) is 0 Å². The Labute approximate surface area is 202 Å². The lowest BCUT2D eigenvalue weighted by atomic mass is 9.81. The normalized spacial score (nSPS) is 19.4. The predicted molar refractivity (Wildman–Crippen MR) is 132 cm³/mol. The number of nitro groups is 1. The van der Waals surface area contributed by atoms with E-state index in [1.807, 2.05) is 30.3 Å². The number of hydrogen-bond acceptors (Lipinski definition) is 6. The number of carbonyl (C=O) groups excluding carboxylic acids is 2. The van der Waals surface area contributed by atoms with E-state index in [-0.39, 0.29) is 40.7 Å². The summed E-state index contributed by atoms with van der Waals surface area (Å²) in [6, 6.07) is 21.4. The molecule has 1 saturated carbocycles. The monoisotopic (exact) mass is 471 g/mol. The van der Waals surface area contributed by atoms with Crippen molar-refractivity contribution in [3.05, 3.63) is 88.5 Å². The first kappa shape index (κ1) is 22.6. The van der Waals surface area contributed by atoms with Crippen LogP contribution in [0, 0.1) is 22.0 Å². The maximum Gasteiger partial charge on any atom is 0.294 e. The van der Waals surface area contributed by atoms with Gasteiger partial charge in [-0.15, -0.1) is 0 Å². The smallest absolute Gasteiger partial charge is 0.294 e. The van der Waals surface area contributed by atoms with Gasteiger partial charge in [0.15, 0.2) is 0 Å². The summed E-state index contributed by atoms with van der Waals surface area (Å²) in [6.45, 7) is 0.441. The Kier molecular flexibility index (Phi) is 6.18. The quantitative estimate of drug-likeness (QED) is 0.274. The number of rotatable bonds is 7. The summed E-state index contributed by atoms with van der Waals surface area (Å²) in [5, 5.41) is 14.9. The van der Waals surface area contributed by atoms with E-state index in [9.17, 15) is 19.7 Å². The first-order valence-electron chi connectivity index (χ1n) is 11.7. The highest BCUT2D eigenvalue weighted by molar-refractivity contribution is 6.22. The molecule has 2 amide bonds. The van der Waals surface area contributed by atoms with Crippen LogP contribution in [0.25, 0.3) is 0 Å². The summed E-state index contributed by atoms with van der Waals surface area (Å²) in [6.07, 6.45) is 3.23. The van der Waals surface area contributed by atoms with Gasteiger partial charge in [0.05, 0.1) is 22.4 Å². The van der Waals surface area contributed by atoms with Crippen molar-refractivity contribution in [2.24, 2.45) is 11.8 Å². The van der Waals surface area contributed by atoms with Gasteiger partial charge < -0.3 is 10.1 Å². The van der Waals surface area contributed by atoms with Gasteiger partial charge in [0, 0.05) is 11.8 Å². The molecule has 3 aromatic carbocycles. The van der Waals surface area contributed by atoms with Crippen molar-refractivity contribution in [3.63, 3.8) is 0 Å². The number of fused-ring (bicyclic) bond motifs is 1. The van der Waals surface area contributed by atoms with Gasteiger partial charge in [-0.2, -0.15) is 0 Å². The van der Waals surface area contributed by atoms with E-state index in [4.69, 9.17) is 4.74 Å². The summed E-state index contributed by atoms with van der Waals surface area (Å²) < 4.78 is 5.79. The van der Waals surface area contributed by atoms with Crippen molar-refractivity contribution in [1.82, 2.24) is 0 Å². The average Bonchev–Trinajstić information content (AvgIpc) is 3.14. The van der Waals surface area contributed by atoms with E-state index in [0.29, 0.717) is 30.9 Å². The molecule has 3 aromatic rings. The molecule has 0 bridgehead atoms. The lowest BCUT2D eigenvalue weighted by Crippen LogP contribution is -2.30. The summed E-state index contributed by atoms with van der Waals surface area (Å²) in [5.41, 5.74) is 2.01. The van der Waals surface area contributed by atoms with Gasteiger partial charge in [-0.25, -0.2) is 4.90 Å². The van der Waals surface area contributed by atoms with E-state index in [1.165, 1.54) is 12.1 Å². The second-order valence-corrected chi connectivity index (χ2v) is 8.89. The van der Waals surface area contributed by atoms with Gasteiger partial charge in [0.2, 0.25) is 11.8 Å². The number of imide groups is 1. The molecule has 178 valence electrons. The molecular weight excluding hydrogens is 446 g/mol. The van der Waals surface area contributed by atoms with E-state index >= 15 is 0 Å². The molecule has 8 nitrogen and oxygen atoms in total. The van der Waals surface area contributed by atoms with Crippen LogP contribution in [0.2, 0.25) is 0 Å². The average molecular weight is 472 g/mol. The highest BCUT2D eigenvalue weighted by Crippen LogP contribution is 2.41. The molecule has 5 rings (SSSR count). The second-order valence-electron chi connectivity index (χ2n) is 8.89. The van der Waals surface area contributed by atoms with Gasteiger partial charge >= 0.3 is 0 Å². The number of nitrogens with zero attached hydrogens (tertiary/aromatic N) is 2. The molecule has 2 atom stereocenters. The molecule has 1 aliphatic carbocycles. The van der Waals surface area contributed by atoms with Crippen LogP contribution in [0.1, 0.15) is 31.2 Å². The molecule has 1 saturated heterocycles. The van der Waals surface area contributed by atoms with Gasteiger partial charge in [-0.3, -0.25) is 19.7 Å². The molecule has 0 unspecified atom stereocenters. The minimum atomic E-state index is -0.513. The summed E-state index contributed by atoms with van der Waals surface area (Å²) in [7, 11) is 0. The third-order valence-corrected chi connectivity index (χ3v) is 6.66. The van der Waals surface area contributed by atoms with Crippen molar-refractivity contribution in [2.45, 2.75) is 32.3 Å². The topological polar surface area (TPSA) is 102 Å². The highest BCUT2D eigenvalue weighted by atomic mass is 16.6. The zero-order valence-corrected chi connectivity index (χ0v) is 19.1. The molecule has 0 radical (unpaired) electrons. The SMILES string of the molecule is O=C1[C@H]2CCCC[C@@H]2C(=O)N1c1ccc(Nc2ccc(OCc3ccccc3)cc2)c([N+](=O)[O-])c1. The molecule has 2 fully saturated rings. The van der Waals surface area contributed by atoms with Crippen molar-refractivity contribution >= 4 is 34.6 Å². The number of benzene rings is 3. The fourth-order valence-electron chi connectivity index (χ4n) is 4.86. The number of amides is 2. The third kappa shape index (κ3) is 4.59. The van der Waals surface area contributed by atoms with Crippen LogP contribution in [-0.2, 0) is 16.2 Å². The van der Waals surface area contributed by atoms with Crippen molar-refractivity contribution < 1.29 is 19.2 Å². The maximum absolute atomic E-state index is 12.9. The molecule has 2 aliphatic rings.